The Balaban J connectivity index is 1.85. The summed E-state index contributed by atoms with van der Waals surface area (Å²) in [5.74, 6) is 0. The average Bonchev–Trinajstić information content (AvgIpc) is 2.88. The minimum atomic E-state index is 0.807. The van der Waals surface area contributed by atoms with Gasteiger partial charge in [-0.25, -0.2) is 4.98 Å². The highest BCUT2D eigenvalue weighted by atomic mass is 79.9. The number of rotatable bonds is 5. The summed E-state index contributed by atoms with van der Waals surface area (Å²) in [5, 5.41) is 6.32. The zero-order valence-electron chi connectivity index (χ0n) is 8.70. The Kier molecular flexibility index (Phi) is 4.34. The molecule has 0 spiro atoms. The summed E-state index contributed by atoms with van der Waals surface area (Å²) >= 11 is 6.72. The number of halogens is 1. The molecule has 0 saturated carbocycles. The van der Waals surface area contributed by atoms with Crippen LogP contribution in [0.5, 0.6) is 5.06 Å². The van der Waals surface area contributed by atoms with Crippen LogP contribution in [0.2, 0.25) is 0 Å². The van der Waals surface area contributed by atoms with E-state index in [0.29, 0.717) is 0 Å². The molecule has 0 atom stereocenters. The third kappa shape index (κ3) is 3.04. The van der Waals surface area contributed by atoms with Gasteiger partial charge in [-0.2, -0.15) is 0 Å². The molecular weight excluding hydrogens is 308 g/mol. The highest BCUT2D eigenvalue weighted by Gasteiger charge is 2.06. The fourth-order valence-corrected chi connectivity index (χ4v) is 3.48. The van der Waals surface area contributed by atoms with Gasteiger partial charge in [0.1, 0.15) is 0 Å². The Labute approximate surface area is 111 Å². The molecule has 2 heterocycles. The molecule has 0 amide bonds. The minimum Gasteiger partial charge on any atom is -0.486 e. The van der Waals surface area contributed by atoms with E-state index in [-0.39, 0.29) is 0 Å². The van der Waals surface area contributed by atoms with Gasteiger partial charge in [0.15, 0.2) is 5.06 Å². The lowest BCUT2D eigenvalue weighted by atomic mass is 10.4. The minimum absolute atomic E-state index is 0.807. The lowest BCUT2D eigenvalue weighted by molar-refractivity contribution is 0.425. The first-order valence-electron chi connectivity index (χ1n) is 4.69. The molecule has 0 aliphatic carbocycles. The van der Waals surface area contributed by atoms with E-state index >= 15 is 0 Å². The van der Waals surface area contributed by atoms with E-state index < -0.39 is 0 Å². The van der Waals surface area contributed by atoms with Crippen molar-refractivity contribution in [1.82, 2.24) is 10.3 Å². The molecule has 0 bridgehead atoms. The second-order valence-electron chi connectivity index (χ2n) is 3.14. The molecule has 0 aliphatic heterocycles. The van der Waals surface area contributed by atoms with E-state index in [1.54, 1.807) is 29.8 Å². The molecule has 3 nitrogen and oxygen atoms in total. The maximum Gasteiger partial charge on any atom is 0.188 e. The second kappa shape index (κ2) is 5.77. The molecule has 0 aromatic carbocycles. The van der Waals surface area contributed by atoms with Gasteiger partial charge >= 0.3 is 0 Å². The Morgan fingerprint density at radius 3 is 3.00 bits per heavy atom. The summed E-state index contributed by atoms with van der Waals surface area (Å²) in [6.07, 6.45) is 0. The zero-order chi connectivity index (χ0) is 11.4. The van der Waals surface area contributed by atoms with E-state index in [1.165, 1.54) is 4.88 Å². The van der Waals surface area contributed by atoms with Gasteiger partial charge in [-0.15, -0.1) is 22.7 Å². The first-order chi connectivity index (χ1) is 7.79. The number of methoxy groups -OCH3 is 1. The fraction of sp³-hybridized carbons (Fsp3) is 0.300. The van der Waals surface area contributed by atoms with Crippen LogP contribution in [-0.2, 0) is 13.1 Å². The second-order valence-corrected chi connectivity index (χ2v) is 5.81. The summed E-state index contributed by atoms with van der Waals surface area (Å²) in [7, 11) is 1.68. The number of hydrogen-bond acceptors (Lipinski definition) is 5. The molecule has 0 fully saturated rings. The van der Waals surface area contributed by atoms with Crippen molar-refractivity contribution in [3.63, 3.8) is 0 Å². The molecule has 0 aliphatic rings. The van der Waals surface area contributed by atoms with Crippen LogP contribution in [-0.4, -0.2) is 12.1 Å². The smallest absolute Gasteiger partial charge is 0.188 e. The van der Waals surface area contributed by atoms with Gasteiger partial charge in [0.25, 0.3) is 0 Å². The molecule has 86 valence electrons. The van der Waals surface area contributed by atoms with E-state index in [9.17, 15) is 0 Å². The summed E-state index contributed by atoms with van der Waals surface area (Å²) in [5.41, 5.74) is 2.94. The van der Waals surface area contributed by atoms with Crippen molar-refractivity contribution in [2.75, 3.05) is 7.11 Å². The lowest BCUT2D eigenvalue weighted by Gasteiger charge is -1.99. The van der Waals surface area contributed by atoms with Gasteiger partial charge in [-0.1, -0.05) is 0 Å². The van der Waals surface area contributed by atoms with Gasteiger partial charge in [0.2, 0.25) is 0 Å². The van der Waals surface area contributed by atoms with Crippen LogP contribution in [0, 0.1) is 0 Å². The van der Waals surface area contributed by atoms with Crippen molar-refractivity contribution < 1.29 is 4.74 Å². The Morgan fingerprint density at radius 2 is 2.38 bits per heavy atom. The number of nitrogens with one attached hydrogen (secondary N) is 1. The average molecular weight is 319 g/mol. The van der Waals surface area contributed by atoms with Gasteiger partial charge in [0, 0.05) is 23.3 Å². The molecule has 0 saturated heterocycles. The maximum absolute atomic E-state index is 5.21. The third-order valence-corrected chi connectivity index (χ3v) is 4.56. The van der Waals surface area contributed by atoms with Crippen LogP contribution < -0.4 is 10.1 Å². The first kappa shape index (κ1) is 12.0. The Hall–Kier alpha value is -0.430. The Morgan fingerprint density at radius 1 is 1.50 bits per heavy atom. The van der Waals surface area contributed by atoms with Gasteiger partial charge in [-0.3, -0.25) is 0 Å². The predicted octanol–water partition coefficient (Wildman–Crippen LogP) is 3.27. The lowest BCUT2D eigenvalue weighted by Crippen LogP contribution is -2.11. The number of aromatic nitrogens is 1. The highest BCUT2D eigenvalue weighted by Crippen LogP contribution is 2.34. The van der Waals surface area contributed by atoms with Crippen LogP contribution in [0.3, 0.4) is 0 Å². The Bertz CT molecular complexity index is 442. The molecule has 16 heavy (non-hydrogen) atoms. The van der Waals surface area contributed by atoms with E-state index in [1.807, 2.05) is 5.51 Å². The van der Waals surface area contributed by atoms with E-state index in [4.69, 9.17) is 4.74 Å². The van der Waals surface area contributed by atoms with Crippen molar-refractivity contribution in [2.24, 2.45) is 0 Å². The number of ether oxygens (including phenoxy) is 1. The highest BCUT2D eigenvalue weighted by molar-refractivity contribution is 9.10. The van der Waals surface area contributed by atoms with Crippen LogP contribution in [0.1, 0.15) is 10.6 Å². The predicted molar refractivity (Wildman–Crippen MR) is 71.2 cm³/mol. The van der Waals surface area contributed by atoms with Gasteiger partial charge in [0.05, 0.1) is 22.8 Å². The molecular formula is C10H11BrN2OS2. The topological polar surface area (TPSA) is 34.1 Å². The fourth-order valence-electron chi connectivity index (χ4n) is 1.26. The monoisotopic (exact) mass is 318 g/mol. The zero-order valence-corrected chi connectivity index (χ0v) is 11.9. The quantitative estimate of drug-likeness (QED) is 0.918. The van der Waals surface area contributed by atoms with Crippen LogP contribution in [0.15, 0.2) is 21.4 Å². The molecule has 6 heteroatoms. The van der Waals surface area contributed by atoms with Crippen LogP contribution in [0.25, 0.3) is 0 Å². The van der Waals surface area contributed by atoms with E-state index in [0.717, 1.165) is 28.3 Å². The molecule has 1 N–H and O–H groups in total. The summed E-state index contributed by atoms with van der Waals surface area (Å²) in [4.78, 5) is 5.46. The van der Waals surface area contributed by atoms with Crippen LogP contribution in [0.4, 0.5) is 0 Å². The standard InChI is InChI=1S/C10H11BrN2OS2/c1-14-10-9(11)2-8(16-10)4-12-3-7-5-15-6-13-7/h2,5-6,12H,3-4H2,1H3. The largest absolute Gasteiger partial charge is 0.486 e. The van der Waals surface area contributed by atoms with Crippen molar-refractivity contribution in [3.8, 4) is 5.06 Å². The maximum atomic E-state index is 5.21. The molecule has 2 aromatic rings. The van der Waals surface area contributed by atoms with Crippen molar-refractivity contribution in [3.05, 3.63) is 32.0 Å². The summed E-state index contributed by atoms with van der Waals surface area (Å²) < 4.78 is 6.23. The molecule has 0 unspecified atom stereocenters. The third-order valence-electron chi connectivity index (χ3n) is 1.98. The summed E-state index contributed by atoms with van der Waals surface area (Å²) in [6.45, 7) is 1.64. The molecule has 2 aromatic heterocycles. The van der Waals surface area contributed by atoms with E-state index in [2.05, 4.69) is 37.7 Å². The number of thiazole rings is 1. The van der Waals surface area contributed by atoms with Crippen molar-refractivity contribution in [2.45, 2.75) is 13.1 Å². The SMILES string of the molecule is COc1sc(CNCc2cscn2)cc1Br. The number of thiophene rings is 1. The van der Waals surface area contributed by atoms with Crippen molar-refractivity contribution in [1.29, 1.82) is 0 Å². The van der Waals surface area contributed by atoms with Crippen LogP contribution >= 0.6 is 38.6 Å². The number of hydrogen-bond donors (Lipinski definition) is 1. The molecule has 0 radical (unpaired) electrons. The number of nitrogens with zero attached hydrogens (tertiary/aromatic N) is 1. The first-order valence-corrected chi connectivity index (χ1v) is 7.25. The van der Waals surface area contributed by atoms with Gasteiger partial charge < -0.3 is 10.1 Å². The summed E-state index contributed by atoms with van der Waals surface area (Å²) in [6, 6.07) is 2.08. The normalized spacial score (nSPS) is 10.6. The molecule has 2 rings (SSSR count). The van der Waals surface area contributed by atoms with Crippen molar-refractivity contribution >= 4 is 38.6 Å². The van der Waals surface area contributed by atoms with Gasteiger partial charge in [-0.05, 0) is 22.0 Å².